The van der Waals surface area contributed by atoms with Crippen LogP contribution in [-0.2, 0) is 14.3 Å². The Hall–Kier alpha value is -1.42. The van der Waals surface area contributed by atoms with Gasteiger partial charge in [-0.3, -0.25) is 4.79 Å². The van der Waals surface area contributed by atoms with Gasteiger partial charge in [0.05, 0.1) is 7.11 Å². The van der Waals surface area contributed by atoms with Crippen LogP contribution >= 0.6 is 0 Å². The number of ketones is 1. The van der Waals surface area contributed by atoms with E-state index in [-0.39, 0.29) is 17.2 Å². The smallest absolute Gasteiger partial charge is 0.333 e. The monoisotopic (exact) mass is 470 g/mol. The lowest BCUT2D eigenvalue weighted by molar-refractivity contribution is -0.136. The highest BCUT2D eigenvalue weighted by atomic mass is 16.5. The van der Waals surface area contributed by atoms with Gasteiger partial charge in [0.1, 0.15) is 6.10 Å². The van der Waals surface area contributed by atoms with Crippen LogP contribution in [0.1, 0.15) is 98.8 Å². The highest BCUT2D eigenvalue weighted by molar-refractivity contribution is 5.95. The third-order valence-corrected chi connectivity index (χ3v) is 11.1. The van der Waals surface area contributed by atoms with Gasteiger partial charge < -0.3 is 9.84 Å². The molecule has 1 N–H and O–H groups in total. The van der Waals surface area contributed by atoms with E-state index < -0.39 is 6.10 Å². The number of methoxy groups -OCH3 is 1. The van der Waals surface area contributed by atoms with Crippen LogP contribution in [0.15, 0.2) is 22.8 Å². The molecule has 0 radical (unpaired) electrons. The summed E-state index contributed by atoms with van der Waals surface area (Å²) < 4.78 is 4.96. The first-order chi connectivity index (χ1) is 16.1. The SMILES string of the molecule is CCC(CC[C@@H](C)[C@H]1CC[C@H]2[C@@H]3CCC4=CC(=O)C(O)C[C@]4(C)[C@H]3CC[C@]12C)=C(C)C(=O)OC. The third kappa shape index (κ3) is 4.12. The van der Waals surface area contributed by atoms with Gasteiger partial charge in [0.15, 0.2) is 5.78 Å². The zero-order chi connectivity index (χ0) is 24.8. The maximum atomic E-state index is 12.2. The van der Waals surface area contributed by atoms with Crippen molar-refractivity contribution in [3.05, 3.63) is 22.8 Å². The van der Waals surface area contributed by atoms with Crippen molar-refractivity contribution in [2.45, 2.75) is 105 Å². The third-order valence-electron chi connectivity index (χ3n) is 11.1. The van der Waals surface area contributed by atoms with Crippen molar-refractivity contribution in [2.24, 2.45) is 40.4 Å². The number of ether oxygens (including phenoxy) is 1. The number of fused-ring (bicyclic) bond motifs is 5. The number of carbonyl (C=O) groups is 2. The molecule has 4 rings (SSSR count). The van der Waals surface area contributed by atoms with Crippen LogP contribution in [0.3, 0.4) is 0 Å². The molecule has 0 spiro atoms. The molecule has 0 amide bonds. The number of allylic oxidation sites excluding steroid dienone is 2. The molecule has 0 bridgehead atoms. The Balaban J connectivity index is 1.48. The summed E-state index contributed by atoms with van der Waals surface area (Å²) in [4.78, 5) is 24.2. The van der Waals surface area contributed by atoms with E-state index in [0.29, 0.717) is 29.6 Å². The van der Waals surface area contributed by atoms with E-state index in [4.69, 9.17) is 4.74 Å². The summed E-state index contributed by atoms with van der Waals surface area (Å²) in [6.45, 7) is 11.4. The van der Waals surface area contributed by atoms with Gasteiger partial charge in [-0.2, -0.15) is 0 Å². The molecule has 1 unspecified atom stereocenters. The lowest BCUT2D eigenvalue weighted by Gasteiger charge is -2.58. The van der Waals surface area contributed by atoms with Crippen molar-refractivity contribution in [1.82, 2.24) is 0 Å². The number of hydrogen-bond donors (Lipinski definition) is 1. The normalized spacial score (nSPS) is 41.0. The summed E-state index contributed by atoms with van der Waals surface area (Å²) in [7, 11) is 1.47. The summed E-state index contributed by atoms with van der Waals surface area (Å²) in [5.74, 6) is 3.17. The van der Waals surface area contributed by atoms with Crippen LogP contribution in [-0.4, -0.2) is 30.1 Å². The Morgan fingerprint density at radius 2 is 1.94 bits per heavy atom. The number of carbonyl (C=O) groups excluding carboxylic acids is 2. The average Bonchev–Trinajstić information content (AvgIpc) is 3.17. The van der Waals surface area contributed by atoms with Crippen molar-refractivity contribution in [3.63, 3.8) is 0 Å². The molecular formula is C30H46O4. The van der Waals surface area contributed by atoms with Crippen LogP contribution in [0.2, 0.25) is 0 Å². The van der Waals surface area contributed by atoms with E-state index in [1.54, 1.807) is 6.08 Å². The highest BCUT2D eigenvalue weighted by Crippen LogP contribution is 2.67. The molecule has 4 aliphatic carbocycles. The molecule has 0 heterocycles. The zero-order valence-electron chi connectivity index (χ0n) is 22.3. The summed E-state index contributed by atoms with van der Waals surface area (Å²) in [6, 6.07) is 0. The zero-order valence-corrected chi connectivity index (χ0v) is 22.3. The minimum Gasteiger partial charge on any atom is -0.466 e. The minimum absolute atomic E-state index is 0.00644. The second kappa shape index (κ2) is 9.56. The first kappa shape index (κ1) is 25.7. The van der Waals surface area contributed by atoms with Gasteiger partial charge in [-0.25, -0.2) is 4.79 Å². The fourth-order valence-electron chi connectivity index (χ4n) is 9.12. The summed E-state index contributed by atoms with van der Waals surface area (Å²) in [5.41, 5.74) is 3.73. The molecule has 0 aliphatic heterocycles. The maximum absolute atomic E-state index is 12.2. The fraction of sp³-hybridized carbons (Fsp3) is 0.800. The molecule has 0 saturated heterocycles. The predicted octanol–water partition coefficient (Wildman–Crippen LogP) is 6.42. The molecule has 8 atom stereocenters. The molecule has 3 fully saturated rings. The summed E-state index contributed by atoms with van der Waals surface area (Å²) in [6.07, 6.45) is 12.0. The second-order valence-electron chi connectivity index (χ2n) is 12.4. The van der Waals surface area contributed by atoms with E-state index >= 15 is 0 Å². The first-order valence-corrected chi connectivity index (χ1v) is 13.8. The molecule has 4 nitrogen and oxygen atoms in total. The second-order valence-corrected chi connectivity index (χ2v) is 12.4. The van der Waals surface area contributed by atoms with E-state index in [1.807, 2.05) is 6.92 Å². The lowest BCUT2D eigenvalue weighted by atomic mass is 9.46. The quantitative estimate of drug-likeness (QED) is 0.359. The van der Waals surface area contributed by atoms with Gasteiger partial charge in [0.25, 0.3) is 0 Å². The Morgan fingerprint density at radius 3 is 2.62 bits per heavy atom. The van der Waals surface area contributed by atoms with Crippen molar-refractivity contribution in [3.8, 4) is 0 Å². The van der Waals surface area contributed by atoms with Crippen molar-refractivity contribution in [1.29, 1.82) is 0 Å². The average molecular weight is 471 g/mol. The molecular weight excluding hydrogens is 424 g/mol. The Bertz CT molecular complexity index is 884. The fourth-order valence-corrected chi connectivity index (χ4v) is 9.12. The van der Waals surface area contributed by atoms with Gasteiger partial charge in [-0.1, -0.05) is 38.8 Å². The van der Waals surface area contributed by atoms with Crippen LogP contribution in [0, 0.1) is 40.4 Å². The van der Waals surface area contributed by atoms with E-state index in [0.717, 1.165) is 43.1 Å². The van der Waals surface area contributed by atoms with Gasteiger partial charge >= 0.3 is 5.97 Å². The van der Waals surface area contributed by atoms with Crippen molar-refractivity contribution < 1.29 is 19.4 Å². The van der Waals surface area contributed by atoms with Crippen LogP contribution in [0.4, 0.5) is 0 Å². The molecule has 4 aliphatic rings. The van der Waals surface area contributed by atoms with Crippen molar-refractivity contribution in [2.75, 3.05) is 7.11 Å². The topological polar surface area (TPSA) is 63.6 Å². The molecule has 34 heavy (non-hydrogen) atoms. The summed E-state index contributed by atoms with van der Waals surface area (Å²) >= 11 is 0. The number of aliphatic hydroxyl groups excluding tert-OH is 1. The van der Waals surface area contributed by atoms with E-state index in [2.05, 4.69) is 27.7 Å². The van der Waals surface area contributed by atoms with E-state index in [9.17, 15) is 14.7 Å². The van der Waals surface area contributed by atoms with Gasteiger partial charge in [0.2, 0.25) is 0 Å². The molecule has 0 aromatic carbocycles. The number of aliphatic hydroxyl groups is 1. The molecule has 3 saturated carbocycles. The lowest BCUT2D eigenvalue weighted by Crippen LogP contribution is -2.52. The summed E-state index contributed by atoms with van der Waals surface area (Å²) in [5, 5.41) is 10.4. The largest absolute Gasteiger partial charge is 0.466 e. The van der Waals surface area contributed by atoms with Crippen LogP contribution < -0.4 is 0 Å². The van der Waals surface area contributed by atoms with Crippen LogP contribution in [0.25, 0.3) is 0 Å². The Morgan fingerprint density at radius 1 is 1.21 bits per heavy atom. The van der Waals surface area contributed by atoms with Gasteiger partial charge in [-0.15, -0.1) is 0 Å². The minimum atomic E-state index is -0.813. The number of rotatable bonds is 6. The molecule has 4 heteroatoms. The first-order valence-electron chi connectivity index (χ1n) is 13.8. The Labute approximate surface area is 206 Å². The number of esters is 1. The van der Waals surface area contributed by atoms with Crippen LogP contribution in [0.5, 0.6) is 0 Å². The molecule has 0 aromatic heterocycles. The van der Waals surface area contributed by atoms with Gasteiger partial charge in [-0.05, 0) is 118 Å². The van der Waals surface area contributed by atoms with Crippen molar-refractivity contribution >= 4 is 11.8 Å². The molecule has 190 valence electrons. The standard InChI is InChI=1S/C30H46O4/c1-7-20(19(3)28(33)34-6)9-8-18(2)23-12-13-24-22-11-10-21-16-26(31)27(32)17-30(21,5)25(22)14-15-29(23,24)4/h16,18,22-25,27,32H,7-15,17H2,1-6H3/t18-,22+,23-,24+,25+,27?,29-,30+/m1/s1. The molecule has 0 aromatic rings. The predicted molar refractivity (Wildman–Crippen MR) is 135 cm³/mol. The maximum Gasteiger partial charge on any atom is 0.333 e. The van der Waals surface area contributed by atoms with Gasteiger partial charge in [0, 0.05) is 5.57 Å². The highest BCUT2D eigenvalue weighted by Gasteiger charge is 2.60. The number of hydrogen-bond acceptors (Lipinski definition) is 4. The Kier molecular flexibility index (Phi) is 7.22. The van der Waals surface area contributed by atoms with E-state index in [1.165, 1.54) is 50.4 Å².